The molecule has 1 fully saturated rings. The molecule has 2 unspecified atom stereocenters. The number of carboxylic acids is 1. The van der Waals surface area contributed by atoms with Crippen LogP contribution in [0.5, 0.6) is 11.5 Å². The van der Waals surface area contributed by atoms with Gasteiger partial charge in [0.25, 0.3) is 0 Å². The minimum atomic E-state index is -0.689. The second-order valence-corrected chi connectivity index (χ2v) is 5.59. The first-order valence-corrected chi connectivity index (χ1v) is 7.42. The number of phenols is 1. The molecule has 5 heteroatoms. The smallest absolute Gasteiger partial charge is 0.306 e. The van der Waals surface area contributed by atoms with Crippen LogP contribution in [0.4, 0.5) is 0 Å². The van der Waals surface area contributed by atoms with Gasteiger partial charge in [0.05, 0.1) is 13.0 Å². The van der Waals surface area contributed by atoms with E-state index in [0.29, 0.717) is 18.8 Å². The standard InChI is InChI=1S/C16H23NO4/c1-21-14-8-4-6-12(15(14)18)10-17-9-11-5-2-3-7-13(11)16(19)20/h4,6,8,11,13,17-18H,2-3,5,7,9-10H2,1H3,(H,19,20). The van der Waals surface area contributed by atoms with Gasteiger partial charge in [-0.15, -0.1) is 0 Å². The normalized spacial score (nSPS) is 22.0. The molecule has 1 aromatic carbocycles. The van der Waals surface area contributed by atoms with E-state index in [1.807, 2.05) is 12.1 Å². The van der Waals surface area contributed by atoms with Crippen LogP contribution in [0, 0.1) is 11.8 Å². The van der Waals surface area contributed by atoms with Crippen molar-refractivity contribution in [1.82, 2.24) is 5.32 Å². The fourth-order valence-corrected chi connectivity index (χ4v) is 3.04. The van der Waals surface area contributed by atoms with E-state index in [1.165, 1.54) is 7.11 Å². The number of para-hydroxylation sites is 1. The summed E-state index contributed by atoms with van der Waals surface area (Å²) in [5.74, 6) is -0.166. The summed E-state index contributed by atoms with van der Waals surface area (Å²) in [5.41, 5.74) is 0.761. The Morgan fingerprint density at radius 3 is 2.86 bits per heavy atom. The van der Waals surface area contributed by atoms with Crippen LogP contribution in [0.25, 0.3) is 0 Å². The van der Waals surface area contributed by atoms with Gasteiger partial charge in [0, 0.05) is 12.1 Å². The van der Waals surface area contributed by atoms with Gasteiger partial charge in [-0.05, 0) is 31.4 Å². The molecule has 1 aliphatic rings. The van der Waals surface area contributed by atoms with Crippen LogP contribution in [0.2, 0.25) is 0 Å². The lowest BCUT2D eigenvalue weighted by atomic mass is 9.79. The summed E-state index contributed by atoms with van der Waals surface area (Å²) in [7, 11) is 1.52. The number of aliphatic carboxylic acids is 1. The van der Waals surface area contributed by atoms with Crippen LogP contribution in [-0.2, 0) is 11.3 Å². The molecule has 3 N–H and O–H groups in total. The molecule has 0 amide bonds. The first kappa shape index (κ1) is 15.6. The molecule has 116 valence electrons. The van der Waals surface area contributed by atoms with Crippen molar-refractivity contribution in [3.8, 4) is 11.5 Å². The third-order valence-electron chi connectivity index (χ3n) is 4.25. The average Bonchev–Trinajstić information content (AvgIpc) is 2.49. The summed E-state index contributed by atoms with van der Waals surface area (Å²) in [6.45, 7) is 1.17. The van der Waals surface area contributed by atoms with Crippen molar-refractivity contribution < 1.29 is 19.7 Å². The highest BCUT2D eigenvalue weighted by atomic mass is 16.5. The Morgan fingerprint density at radius 2 is 2.14 bits per heavy atom. The molecular formula is C16H23NO4. The van der Waals surface area contributed by atoms with Crippen LogP contribution >= 0.6 is 0 Å². The Bertz CT molecular complexity index is 489. The molecule has 2 atom stereocenters. The summed E-state index contributed by atoms with van der Waals surface area (Å²) in [6.07, 6.45) is 3.82. The third-order valence-corrected chi connectivity index (χ3v) is 4.25. The maximum atomic E-state index is 11.3. The molecular weight excluding hydrogens is 270 g/mol. The van der Waals surface area contributed by atoms with E-state index < -0.39 is 5.97 Å². The predicted octanol–water partition coefficient (Wildman–Crippen LogP) is 2.38. The number of benzene rings is 1. The van der Waals surface area contributed by atoms with E-state index in [0.717, 1.165) is 31.2 Å². The van der Waals surface area contributed by atoms with Crippen molar-refractivity contribution in [2.75, 3.05) is 13.7 Å². The van der Waals surface area contributed by atoms with E-state index >= 15 is 0 Å². The summed E-state index contributed by atoms with van der Waals surface area (Å²) >= 11 is 0. The Morgan fingerprint density at radius 1 is 1.38 bits per heavy atom. The fraction of sp³-hybridized carbons (Fsp3) is 0.562. The monoisotopic (exact) mass is 293 g/mol. The van der Waals surface area contributed by atoms with Crippen LogP contribution < -0.4 is 10.1 Å². The van der Waals surface area contributed by atoms with Gasteiger partial charge in [0.15, 0.2) is 11.5 Å². The molecule has 0 saturated heterocycles. The zero-order valence-electron chi connectivity index (χ0n) is 12.3. The fourth-order valence-electron chi connectivity index (χ4n) is 3.04. The number of hydrogen-bond acceptors (Lipinski definition) is 4. The molecule has 0 radical (unpaired) electrons. The molecule has 0 bridgehead atoms. The van der Waals surface area contributed by atoms with E-state index in [1.54, 1.807) is 6.07 Å². The zero-order valence-corrected chi connectivity index (χ0v) is 12.3. The van der Waals surface area contributed by atoms with Gasteiger partial charge in [-0.3, -0.25) is 4.79 Å². The number of ether oxygens (including phenoxy) is 1. The van der Waals surface area contributed by atoms with Gasteiger partial charge in [-0.25, -0.2) is 0 Å². The number of phenolic OH excluding ortho intramolecular Hbond substituents is 1. The molecule has 21 heavy (non-hydrogen) atoms. The lowest BCUT2D eigenvalue weighted by molar-refractivity contribution is -0.144. The van der Waals surface area contributed by atoms with Crippen LogP contribution in [0.1, 0.15) is 31.2 Å². The first-order valence-electron chi connectivity index (χ1n) is 7.42. The largest absolute Gasteiger partial charge is 0.504 e. The van der Waals surface area contributed by atoms with Gasteiger partial charge in [0.1, 0.15) is 0 Å². The van der Waals surface area contributed by atoms with Crippen molar-refractivity contribution in [2.24, 2.45) is 11.8 Å². The highest BCUT2D eigenvalue weighted by Gasteiger charge is 2.30. The first-order chi connectivity index (χ1) is 10.1. The van der Waals surface area contributed by atoms with Crippen molar-refractivity contribution in [3.63, 3.8) is 0 Å². The molecule has 1 saturated carbocycles. The lowest BCUT2D eigenvalue weighted by Crippen LogP contribution is -2.34. The number of nitrogens with one attached hydrogen (secondary N) is 1. The minimum absolute atomic E-state index is 0.144. The zero-order chi connectivity index (χ0) is 15.2. The molecule has 1 aliphatic carbocycles. The highest BCUT2D eigenvalue weighted by Crippen LogP contribution is 2.31. The van der Waals surface area contributed by atoms with Crippen molar-refractivity contribution in [3.05, 3.63) is 23.8 Å². The number of carboxylic acid groups (broad SMARTS) is 1. The Labute approximate surface area is 124 Å². The average molecular weight is 293 g/mol. The second-order valence-electron chi connectivity index (χ2n) is 5.59. The van der Waals surface area contributed by atoms with E-state index in [-0.39, 0.29) is 17.6 Å². The summed E-state index contributed by atoms with van der Waals surface area (Å²) < 4.78 is 5.07. The van der Waals surface area contributed by atoms with Crippen molar-refractivity contribution >= 4 is 5.97 Å². The minimum Gasteiger partial charge on any atom is -0.504 e. The number of rotatable bonds is 6. The Balaban J connectivity index is 1.90. The maximum Gasteiger partial charge on any atom is 0.306 e. The van der Waals surface area contributed by atoms with E-state index in [4.69, 9.17) is 4.74 Å². The van der Waals surface area contributed by atoms with E-state index in [9.17, 15) is 15.0 Å². The maximum absolute atomic E-state index is 11.3. The van der Waals surface area contributed by atoms with Gasteiger partial charge >= 0.3 is 5.97 Å². The quantitative estimate of drug-likeness (QED) is 0.750. The van der Waals surface area contributed by atoms with Crippen LogP contribution in [0.3, 0.4) is 0 Å². The topological polar surface area (TPSA) is 78.8 Å². The van der Waals surface area contributed by atoms with Gasteiger partial charge < -0.3 is 20.3 Å². The number of carbonyl (C=O) groups is 1. The molecule has 0 aliphatic heterocycles. The third kappa shape index (κ3) is 3.88. The molecule has 1 aromatic rings. The number of methoxy groups -OCH3 is 1. The second kappa shape index (κ2) is 7.31. The van der Waals surface area contributed by atoms with Gasteiger partial charge in [-0.2, -0.15) is 0 Å². The molecule has 0 heterocycles. The molecule has 5 nitrogen and oxygen atoms in total. The van der Waals surface area contributed by atoms with E-state index in [2.05, 4.69) is 5.32 Å². The van der Waals surface area contributed by atoms with Crippen molar-refractivity contribution in [1.29, 1.82) is 0 Å². The Hall–Kier alpha value is -1.75. The summed E-state index contributed by atoms with van der Waals surface area (Å²) in [5, 5.41) is 22.5. The summed E-state index contributed by atoms with van der Waals surface area (Å²) in [6, 6.07) is 5.37. The van der Waals surface area contributed by atoms with Gasteiger partial charge in [-0.1, -0.05) is 25.0 Å². The number of aromatic hydroxyl groups is 1. The van der Waals surface area contributed by atoms with Gasteiger partial charge in [0.2, 0.25) is 0 Å². The molecule has 2 rings (SSSR count). The number of hydrogen-bond donors (Lipinski definition) is 3. The summed E-state index contributed by atoms with van der Waals surface area (Å²) in [4.78, 5) is 11.3. The Kier molecular flexibility index (Phi) is 5.44. The molecule has 0 aromatic heterocycles. The van der Waals surface area contributed by atoms with Crippen LogP contribution in [-0.4, -0.2) is 29.8 Å². The predicted molar refractivity (Wildman–Crippen MR) is 79.4 cm³/mol. The SMILES string of the molecule is COc1cccc(CNCC2CCCCC2C(=O)O)c1O. The molecule has 0 spiro atoms. The van der Waals surface area contributed by atoms with Crippen molar-refractivity contribution in [2.45, 2.75) is 32.2 Å². The van der Waals surface area contributed by atoms with Crippen LogP contribution in [0.15, 0.2) is 18.2 Å². The highest BCUT2D eigenvalue weighted by molar-refractivity contribution is 5.70. The lowest BCUT2D eigenvalue weighted by Gasteiger charge is -2.28.